The van der Waals surface area contributed by atoms with Gasteiger partial charge in [0.25, 0.3) is 0 Å². The van der Waals surface area contributed by atoms with E-state index >= 15 is 0 Å². The number of hydrogen-bond donors (Lipinski definition) is 1. The van der Waals surface area contributed by atoms with Crippen molar-refractivity contribution < 1.29 is 13.9 Å². The topological polar surface area (TPSA) is 98.5 Å². The van der Waals surface area contributed by atoms with Gasteiger partial charge in [0.15, 0.2) is 5.75 Å². The smallest absolute Gasteiger partial charge is 0.344 e. The summed E-state index contributed by atoms with van der Waals surface area (Å²) in [6, 6.07) is 16.5. The Morgan fingerprint density at radius 1 is 1.17 bits per heavy atom. The molecule has 6 heteroatoms. The van der Waals surface area contributed by atoms with Crippen LogP contribution in [-0.2, 0) is 0 Å². The Kier molecular flexibility index (Phi) is 4.96. The van der Waals surface area contributed by atoms with Crippen molar-refractivity contribution in [1.29, 1.82) is 5.26 Å². The number of nitriles is 1. The van der Waals surface area contributed by atoms with E-state index in [9.17, 15) is 10.1 Å². The maximum Gasteiger partial charge on any atom is 0.344 e. The number of benzene rings is 2. The molecule has 0 saturated heterocycles. The maximum absolute atomic E-state index is 12.8. The van der Waals surface area contributed by atoms with Crippen LogP contribution in [0.25, 0.3) is 11.0 Å². The van der Waals surface area contributed by atoms with Crippen LogP contribution < -0.4 is 20.8 Å². The number of nitrogens with two attached hydrogens (primary N) is 1. The minimum absolute atomic E-state index is 0.0102. The van der Waals surface area contributed by atoms with Crippen LogP contribution in [0.2, 0.25) is 0 Å². The molecule has 1 aliphatic rings. The van der Waals surface area contributed by atoms with Gasteiger partial charge in [0.2, 0.25) is 5.88 Å². The van der Waals surface area contributed by atoms with Crippen LogP contribution >= 0.6 is 0 Å². The summed E-state index contributed by atoms with van der Waals surface area (Å²) >= 11 is 0. The molecule has 2 N–H and O–H groups in total. The van der Waals surface area contributed by atoms with E-state index in [1.807, 2.05) is 30.3 Å². The Hall–Kier alpha value is -3.72. The van der Waals surface area contributed by atoms with Crippen molar-refractivity contribution in [3.8, 4) is 17.6 Å². The Morgan fingerprint density at radius 2 is 1.93 bits per heavy atom. The van der Waals surface area contributed by atoms with Gasteiger partial charge >= 0.3 is 5.63 Å². The standard InChI is InChI=1S/C23H20N2O4/c1-2-3-12-27-15-10-8-14(9-11-15)19-17(13-24)22(25)29-21-16-6-4-5-7-18(16)28-23(26)20(19)21/h4-11,19H,2-3,12,25H2,1H3/t19-/m1/s1. The average molecular weight is 388 g/mol. The Morgan fingerprint density at radius 3 is 2.66 bits per heavy atom. The van der Waals surface area contributed by atoms with Gasteiger partial charge in [0, 0.05) is 0 Å². The van der Waals surface area contributed by atoms with Gasteiger partial charge in [0.05, 0.1) is 23.5 Å². The predicted molar refractivity (Wildman–Crippen MR) is 109 cm³/mol. The third-order valence-electron chi connectivity index (χ3n) is 4.95. The quantitative estimate of drug-likeness (QED) is 0.520. The summed E-state index contributed by atoms with van der Waals surface area (Å²) in [5, 5.41) is 10.3. The fourth-order valence-corrected chi connectivity index (χ4v) is 3.49. The van der Waals surface area contributed by atoms with E-state index in [2.05, 4.69) is 13.0 Å². The van der Waals surface area contributed by atoms with E-state index in [1.165, 1.54) is 0 Å². The lowest BCUT2D eigenvalue weighted by atomic mass is 9.84. The van der Waals surface area contributed by atoms with Crippen LogP contribution in [0.4, 0.5) is 0 Å². The van der Waals surface area contributed by atoms with Crippen LogP contribution in [0.3, 0.4) is 0 Å². The number of rotatable bonds is 5. The Bertz CT molecular complexity index is 1190. The van der Waals surface area contributed by atoms with Gasteiger partial charge in [-0.2, -0.15) is 5.26 Å². The molecule has 1 atom stereocenters. The summed E-state index contributed by atoms with van der Waals surface area (Å²) in [4.78, 5) is 12.8. The third-order valence-corrected chi connectivity index (χ3v) is 4.95. The van der Waals surface area contributed by atoms with Gasteiger partial charge in [-0.3, -0.25) is 0 Å². The molecule has 0 unspecified atom stereocenters. The molecule has 0 amide bonds. The molecule has 0 spiro atoms. The molecule has 0 fully saturated rings. The van der Waals surface area contributed by atoms with Gasteiger partial charge in [-0.1, -0.05) is 37.6 Å². The van der Waals surface area contributed by atoms with Crippen molar-refractivity contribution >= 4 is 11.0 Å². The van der Waals surface area contributed by atoms with Crippen molar-refractivity contribution in [3.05, 3.63) is 81.5 Å². The van der Waals surface area contributed by atoms with Crippen molar-refractivity contribution in [1.82, 2.24) is 0 Å². The van der Waals surface area contributed by atoms with E-state index in [0.717, 1.165) is 24.2 Å². The lowest BCUT2D eigenvalue weighted by Crippen LogP contribution is -2.26. The molecule has 1 aliphatic heterocycles. The highest BCUT2D eigenvalue weighted by Gasteiger charge is 2.35. The van der Waals surface area contributed by atoms with E-state index in [1.54, 1.807) is 18.2 Å². The lowest BCUT2D eigenvalue weighted by molar-refractivity contribution is 0.309. The number of ether oxygens (including phenoxy) is 2. The number of allylic oxidation sites excluding steroid dienone is 1. The molecule has 29 heavy (non-hydrogen) atoms. The van der Waals surface area contributed by atoms with Crippen molar-refractivity contribution in [2.24, 2.45) is 5.73 Å². The van der Waals surface area contributed by atoms with Crippen LogP contribution in [0.1, 0.15) is 36.8 Å². The van der Waals surface area contributed by atoms with Gasteiger partial charge < -0.3 is 19.6 Å². The zero-order valence-electron chi connectivity index (χ0n) is 16.0. The van der Waals surface area contributed by atoms with Gasteiger partial charge in [-0.15, -0.1) is 0 Å². The summed E-state index contributed by atoms with van der Waals surface area (Å²) in [5.74, 6) is 0.385. The minimum Gasteiger partial charge on any atom is -0.494 e. The first-order chi connectivity index (χ1) is 14.1. The highest BCUT2D eigenvalue weighted by atomic mass is 16.5. The van der Waals surface area contributed by atoms with Crippen LogP contribution in [0.15, 0.2) is 69.2 Å². The highest BCUT2D eigenvalue weighted by Crippen LogP contribution is 2.43. The molecule has 0 saturated carbocycles. The second-order valence-corrected chi connectivity index (χ2v) is 6.82. The molecule has 2 aromatic carbocycles. The van der Waals surface area contributed by atoms with Crippen molar-refractivity contribution in [2.75, 3.05) is 6.61 Å². The predicted octanol–water partition coefficient (Wildman–Crippen LogP) is 4.19. The monoisotopic (exact) mass is 388 g/mol. The van der Waals surface area contributed by atoms with Crippen LogP contribution in [0.5, 0.6) is 11.5 Å². The molecule has 0 radical (unpaired) electrons. The average Bonchev–Trinajstić information content (AvgIpc) is 2.74. The summed E-state index contributed by atoms with van der Waals surface area (Å²) in [6.07, 6.45) is 2.03. The maximum atomic E-state index is 12.8. The SMILES string of the molecule is CCCCOc1ccc([C@@H]2C(C#N)=C(N)Oc3c2c(=O)oc2ccccc32)cc1. The van der Waals surface area contributed by atoms with E-state index in [0.29, 0.717) is 23.3 Å². The molecule has 2 heterocycles. The molecule has 146 valence electrons. The summed E-state index contributed by atoms with van der Waals surface area (Å²) in [7, 11) is 0. The summed E-state index contributed by atoms with van der Waals surface area (Å²) in [5.41, 5.74) is 7.11. The first-order valence-electron chi connectivity index (χ1n) is 9.50. The number of hydrogen-bond acceptors (Lipinski definition) is 6. The number of unbranched alkanes of at least 4 members (excludes halogenated alkanes) is 1. The Balaban J connectivity index is 1.84. The Labute approximate surface area is 167 Å². The van der Waals surface area contributed by atoms with E-state index in [-0.39, 0.29) is 17.0 Å². The molecule has 0 aliphatic carbocycles. The van der Waals surface area contributed by atoms with Crippen molar-refractivity contribution in [3.63, 3.8) is 0 Å². The van der Waals surface area contributed by atoms with Crippen LogP contribution in [0, 0.1) is 11.3 Å². The molecular formula is C23H20N2O4. The largest absolute Gasteiger partial charge is 0.494 e. The summed E-state index contributed by atoms with van der Waals surface area (Å²) < 4.78 is 16.9. The summed E-state index contributed by atoms with van der Waals surface area (Å²) in [6.45, 7) is 2.74. The van der Waals surface area contributed by atoms with Gasteiger partial charge in [-0.25, -0.2) is 4.79 Å². The first-order valence-corrected chi connectivity index (χ1v) is 9.50. The van der Waals surface area contributed by atoms with Gasteiger partial charge in [-0.05, 0) is 36.2 Å². The zero-order chi connectivity index (χ0) is 20.4. The number of nitrogens with zero attached hydrogens (tertiary/aromatic N) is 1. The minimum atomic E-state index is -0.672. The second-order valence-electron chi connectivity index (χ2n) is 6.82. The number of para-hydroxylation sites is 1. The molecule has 6 nitrogen and oxygen atoms in total. The first kappa shape index (κ1) is 18.6. The number of fused-ring (bicyclic) bond motifs is 3. The fourth-order valence-electron chi connectivity index (χ4n) is 3.49. The molecule has 1 aromatic heterocycles. The highest BCUT2D eigenvalue weighted by molar-refractivity contribution is 5.86. The fraction of sp³-hybridized carbons (Fsp3) is 0.217. The van der Waals surface area contributed by atoms with E-state index < -0.39 is 11.5 Å². The third kappa shape index (κ3) is 3.32. The molecule has 4 rings (SSSR count). The molecular weight excluding hydrogens is 368 g/mol. The lowest BCUT2D eigenvalue weighted by Gasteiger charge is -2.26. The second kappa shape index (κ2) is 7.72. The molecule has 3 aromatic rings. The van der Waals surface area contributed by atoms with E-state index in [4.69, 9.17) is 19.6 Å². The zero-order valence-corrected chi connectivity index (χ0v) is 16.0. The van der Waals surface area contributed by atoms with Crippen LogP contribution in [-0.4, -0.2) is 6.61 Å². The van der Waals surface area contributed by atoms with Gasteiger partial charge in [0.1, 0.15) is 23.0 Å². The molecule has 0 bridgehead atoms. The van der Waals surface area contributed by atoms with Crippen molar-refractivity contribution in [2.45, 2.75) is 25.7 Å². The normalized spacial score (nSPS) is 15.5.